The maximum Gasteiger partial charge on any atom is 0.156 e. The third-order valence-electron chi connectivity index (χ3n) is 2.18. The number of aliphatic hydroxyl groups excluding tert-OH is 1. The standard InChI is InChI=1S/C10H9F2NO2/c11-6-1-2-8(9(12)3-6)10-4-7(5-14)15-13-10/h1-3,7,14H,4-5H2. The van der Waals surface area contributed by atoms with Crippen LogP contribution >= 0.6 is 0 Å². The molecule has 80 valence electrons. The molecule has 1 aromatic carbocycles. The van der Waals surface area contributed by atoms with Gasteiger partial charge in [0, 0.05) is 18.1 Å². The van der Waals surface area contributed by atoms with Crippen LogP contribution in [0.5, 0.6) is 0 Å². The average molecular weight is 213 g/mol. The molecule has 0 spiro atoms. The normalized spacial score (nSPS) is 19.9. The van der Waals surface area contributed by atoms with Crippen molar-refractivity contribution in [2.24, 2.45) is 5.16 Å². The van der Waals surface area contributed by atoms with E-state index in [1.165, 1.54) is 6.07 Å². The van der Waals surface area contributed by atoms with E-state index in [2.05, 4.69) is 5.16 Å². The zero-order valence-corrected chi connectivity index (χ0v) is 7.78. The minimum atomic E-state index is -0.670. The number of hydrogen-bond donors (Lipinski definition) is 1. The van der Waals surface area contributed by atoms with Gasteiger partial charge in [-0.1, -0.05) is 5.16 Å². The number of hydrogen-bond acceptors (Lipinski definition) is 3. The van der Waals surface area contributed by atoms with Gasteiger partial charge in [0.05, 0.1) is 12.3 Å². The highest BCUT2D eigenvalue weighted by Gasteiger charge is 2.23. The van der Waals surface area contributed by atoms with Crippen molar-refractivity contribution in [1.82, 2.24) is 0 Å². The smallest absolute Gasteiger partial charge is 0.156 e. The predicted molar refractivity (Wildman–Crippen MR) is 49.5 cm³/mol. The lowest BCUT2D eigenvalue weighted by Gasteiger charge is -2.02. The number of oxime groups is 1. The van der Waals surface area contributed by atoms with Crippen molar-refractivity contribution in [3.05, 3.63) is 35.4 Å². The summed E-state index contributed by atoms with van der Waals surface area (Å²) in [6, 6.07) is 3.27. The van der Waals surface area contributed by atoms with Crippen LogP contribution in [0.25, 0.3) is 0 Å². The molecular formula is C10H9F2NO2. The first-order valence-corrected chi connectivity index (χ1v) is 4.49. The van der Waals surface area contributed by atoms with E-state index in [-0.39, 0.29) is 12.2 Å². The Bertz CT molecular complexity index is 406. The van der Waals surface area contributed by atoms with Crippen LogP contribution in [0, 0.1) is 11.6 Å². The molecule has 1 aliphatic heterocycles. The number of halogens is 2. The van der Waals surface area contributed by atoms with Crippen molar-refractivity contribution in [3.8, 4) is 0 Å². The minimum absolute atomic E-state index is 0.171. The highest BCUT2D eigenvalue weighted by Crippen LogP contribution is 2.19. The van der Waals surface area contributed by atoms with Crippen molar-refractivity contribution in [2.45, 2.75) is 12.5 Å². The van der Waals surface area contributed by atoms with Gasteiger partial charge in [0.25, 0.3) is 0 Å². The van der Waals surface area contributed by atoms with Gasteiger partial charge < -0.3 is 9.94 Å². The van der Waals surface area contributed by atoms with E-state index in [4.69, 9.17) is 9.94 Å². The number of rotatable bonds is 2. The molecule has 1 atom stereocenters. The Kier molecular flexibility index (Phi) is 2.64. The van der Waals surface area contributed by atoms with E-state index >= 15 is 0 Å². The Balaban J connectivity index is 2.24. The molecule has 0 saturated carbocycles. The van der Waals surface area contributed by atoms with Crippen LogP contribution in [0.1, 0.15) is 12.0 Å². The fourth-order valence-electron chi connectivity index (χ4n) is 1.41. The van der Waals surface area contributed by atoms with Gasteiger partial charge >= 0.3 is 0 Å². The summed E-state index contributed by atoms with van der Waals surface area (Å²) in [4.78, 5) is 4.83. The third-order valence-corrected chi connectivity index (χ3v) is 2.18. The number of aliphatic hydroxyl groups is 1. The molecule has 1 heterocycles. The van der Waals surface area contributed by atoms with Crippen molar-refractivity contribution in [2.75, 3.05) is 6.61 Å². The average Bonchev–Trinajstić information content (AvgIpc) is 2.66. The topological polar surface area (TPSA) is 41.8 Å². The SMILES string of the molecule is OCC1CC(c2ccc(F)cc2F)=NO1. The van der Waals surface area contributed by atoms with E-state index in [0.29, 0.717) is 12.1 Å². The van der Waals surface area contributed by atoms with Crippen LogP contribution in [0.4, 0.5) is 8.78 Å². The third kappa shape index (κ3) is 1.97. The van der Waals surface area contributed by atoms with Crippen molar-refractivity contribution in [3.63, 3.8) is 0 Å². The van der Waals surface area contributed by atoms with E-state index < -0.39 is 17.7 Å². The van der Waals surface area contributed by atoms with Gasteiger partial charge in [0.15, 0.2) is 6.10 Å². The summed E-state index contributed by atoms with van der Waals surface area (Å²) < 4.78 is 25.9. The van der Waals surface area contributed by atoms with Gasteiger partial charge in [-0.3, -0.25) is 0 Å². The molecule has 1 unspecified atom stereocenters. The largest absolute Gasteiger partial charge is 0.392 e. The number of nitrogens with zero attached hydrogens (tertiary/aromatic N) is 1. The van der Waals surface area contributed by atoms with Crippen LogP contribution in [-0.4, -0.2) is 23.5 Å². The summed E-state index contributed by atoms with van der Waals surface area (Å²) in [6.07, 6.45) is -0.0940. The van der Waals surface area contributed by atoms with Crippen molar-refractivity contribution < 1.29 is 18.7 Å². The first-order chi connectivity index (χ1) is 7.20. The monoisotopic (exact) mass is 213 g/mol. The molecule has 0 aromatic heterocycles. The highest BCUT2D eigenvalue weighted by atomic mass is 19.1. The Morgan fingerprint density at radius 2 is 2.27 bits per heavy atom. The molecule has 0 aliphatic carbocycles. The molecule has 0 radical (unpaired) electrons. The molecule has 0 bridgehead atoms. The molecule has 1 aliphatic rings. The molecule has 0 fully saturated rings. The predicted octanol–water partition coefficient (Wildman–Crippen LogP) is 1.45. The summed E-state index contributed by atoms with van der Waals surface area (Å²) >= 11 is 0. The lowest BCUT2D eigenvalue weighted by Crippen LogP contribution is -2.13. The molecule has 2 rings (SSSR count). The first kappa shape index (κ1) is 10.0. The number of benzene rings is 1. The van der Waals surface area contributed by atoms with Crippen LogP contribution in [0.15, 0.2) is 23.4 Å². The Morgan fingerprint density at radius 1 is 1.47 bits per heavy atom. The van der Waals surface area contributed by atoms with Gasteiger partial charge in [-0.2, -0.15) is 0 Å². The summed E-state index contributed by atoms with van der Waals surface area (Å²) in [5, 5.41) is 12.4. The van der Waals surface area contributed by atoms with Crippen molar-refractivity contribution >= 4 is 5.71 Å². The molecule has 5 heteroatoms. The van der Waals surface area contributed by atoms with Gasteiger partial charge in [0.1, 0.15) is 11.6 Å². The Morgan fingerprint density at radius 3 is 2.87 bits per heavy atom. The second kappa shape index (κ2) is 3.94. The second-order valence-electron chi connectivity index (χ2n) is 3.28. The summed E-state index contributed by atoms with van der Waals surface area (Å²) in [5.41, 5.74) is 0.610. The van der Waals surface area contributed by atoms with Gasteiger partial charge in [-0.15, -0.1) is 0 Å². The lowest BCUT2D eigenvalue weighted by molar-refractivity contribution is 0.0390. The van der Waals surface area contributed by atoms with E-state index in [9.17, 15) is 8.78 Å². The molecule has 1 aromatic rings. The summed E-state index contributed by atoms with van der Waals surface area (Å²) in [7, 11) is 0. The maximum absolute atomic E-state index is 13.3. The fraction of sp³-hybridized carbons (Fsp3) is 0.300. The Hall–Kier alpha value is -1.49. The summed E-state index contributed by atoms with van der Waals surface area (Å²) in [5.74, 6) is -1.30. The molecule has 0 amide bonds. The maximum atomic E-state index is 13.3. The van der Waals surface area contributed by atoms with Crippen LogP contribution in [0.3, 0.4) is 0 Å². The zero-order chi connectivity index (χ0) is 10.8. The van der Waals surface area contributed by atoms with E-state index in [1.807, 2.05) is 0 Å². The van der Waals surface area contributed by atoms with E-state index in [1.54, 1.807) is 0 Å². The molecule has 1 N–H and O–H groups in total. The van der Waals surface area contributed by atoms with E-state index in [0.717, 1.165) is 12.1 Å². The molecular weight excluding hydrogens is 204 g/mol. The molecule has 0 saturated heterocycles. The lowest BCUT2D eigenvalue weighted by atomic mass is 10.0. The molecule has 3 nitrogen and oxygen atoms in total. The van der Waals surface area contributed by atoms with Crippen LogP contribution < -0.4 is 0 Å². The van der Waals surface area contributed by atoms with Gasteiger partial charge in [-0.05, 0) is 12.1 Å². The van der Waals surface area contributed by atoms with Crippen LogP contribution in [0.2, 0.25) is 0 Å². The van der Waals surface area contributed by atoms with Crippen LogP contribution in [-0.2, 0) is 4.84 Å². The van der Waals surface area contributed by atoms with Crippen molar-refractivity contribution in [1.29, 1.82) is 0 Å². The quantitative estimate of drug-likeness (QED) is 0.807. The Labute approximate surface area is 85.0 Å². The molecule has 15 heavy (non-hydrogen) atoms. The second-order valence-corrected chi connectivity index (χ2v) is 3.28. The summed E-state index contributed by atoms with van der Waals surface area (Å²) in [6.45, 7) is -0.171. The first-order valence-electron chi connectivity index (χ1n) is 4.49. The zero-order valence-electron chi connectivity index (χ0n) is 7.78. The van der Waals surface area contributed by atoms with Gasteiger partial charge in [-0.25, -0.2) is 8.78 Å². The highest BCUT2D eigenvalue weighted by molar-refractivity contribution is 6.01. The fourth-order valence-corrected chi connectivity index (χ4v) is 1.41. The van der Waals surface area contributed by atoms with Gasteiger partial charge in [0.2, 0.25) is 0 Å². The minimum Gasteiger partial charge on any atom is -0.392 e.